The van der Waals surface area contributed by atoms with Gasteiger partial charge < -0.3 is 4.57 Å². The Balaban J connectivity index is 1.90. The predicted molar refractivity (Wildman–Crippen MR) is 101 cm³/mol. The van der Waals surface area contributed by atoms with Crippen LogP contribution in [0.1, 0.15) is 27.2 Å². The summed E-state index contributed by atoms with van der Waals surface area (Å²) < 4.78 is 118. The maximum absolute atomic E-state index is 13.5. The molecule has 34 heavy (non-hydrogen) atoms. The third kappa shape index (κ3) is 5.38. The van der Waals surface area contributed by atoms with Crippen LogP contribution >= 0.6 is 11.6 Å². The molecule has 0 atom stereocenters. The van der Waals surface area contributed by atoms with Crippen molar-refractivity contribution in [3.05, 3.63) is 76.2 Å². The van der Waals surface area contributed by atoms with Crippen LogP contribution in [-0.2, 0) is 18.5 Å². The summed E-state index contributed by atoms with van der Waals surface area (Å²) in [5.41, 5.74) is -1.41. The van der Waals surface area contributed by atoms with Gasteiger partial charge in [0.15, 0.2) is 5.82 Å². The van der Waals surface area contributed by atoms with E-state index in [0.717, 1.165) is 18.3 Å². The number of nitrogens with one attached hydrogen (secondary N) is 2. The van der Waals surface area contributed by atoms with E-state index in [0.29, 0.717) is 29.0 Å². The molecule has 2 heterocycles. The second kappa shape index (κ2) is 8.74. The highest BCUT2D eigenvalue weighted by atomic mass is 35.5. The van der Waals surface area contributed by atoms with E-state index in [9.17, 15) is 44.3 Å². The number of alkyl halides is 9. The first-order chi connectivity index (χ1) is 15.6. The SMILES string of the molecule is O=C(NNc1ncc(C(F)(F)F)cc1Cl)c1cccn1-c1ccc(C(F)(F)F)cc1C(F)(F)F. The van der Waals surface area contributed by atoms with Crippen LogP contribution < -0.4 is 10.9 Å². The van der Waals surface area contributed by atoms with Crippen LogP contribution in [0.2, 0.25) is 5.02 Å². The quantitative estimate of drug-likeness (QED) is 0.314. The first-order valence-corrected chi connectivity index (χ1v) is 9.22. The zero-order chi connectivity index (χ0) is 25.5. The lowest BCUT2D eigenvalue weighted by Crippen LogP contribution is -2.31. The summed E-state index contributed by atoms with van der Waals surface area (Å²) in [5, 5.41) is -0.521. The van der Waals surface area contributed by atoms with Crippen molar-refractivity contribution in [3.8, 4) is 5.69 Å². The molecule has 2 N–H and O–H groups in total. The Bertz CT molecular complexity index is 1220. The van der Waals surface area contributed by atoms with Crippen molar-refractivity contribution in [2.24, 2.45) is 0 Å². The van der Waals surface area contributed by atoms with E-state index in [4.69, 9.17) is 11.6 Å². The predicted octanol–water partition coefficient (Wildman–Crippen LogP) is 6.34. The number of rotatable bonds is 4. The Labute approximate surface area is 189 Å². The van der Waals surface area contributed by atoms with Gasteiger partial charge in [-0.05, 0) is 36.4 Å². The number of nitrogens with zero attached hydrogens (tertiary/aromatic N) is 2. The minimum absolute atomic E-state index is 0.0822. The van der Waals surface area contributed by atoms with E-state index >= 15 is 0 Å². The lowest BCUT2D eigenvalue weighted by molar-refractivity contribution is -0.143. The molecule has 0 aliphatic rings. The molecular weight excluding hydrogens is 507 g/mol. The van der Waals surface area contributed by atoms with Gasteiger partial charge in [-0.2, -0.15) is 39.5 Å². The first kappa shape index (κ1) is 25.2. The molecule has 0 spiro atoms. The van der Waals surface area contributed by atoms with Crippen LogP contribution in [0.25, 0.3) is 5.69 Å². The molecule has 15 heteroatoms. The molecule has 2 aromatic heterocycles. The zero-order valence-electron chi connectivity index (χ0n) is 16.2. The molecule has 3 rings (SSSR count). The molecule has 0 unspecified atom stereocenters. The van der Waals surface area contributed by atoms with Gasteiger partial charge in [0, 0.05) is 12.4 Å². The maximum Gasteiger partial charge on any atom is 0.418 e. The number of aromatic nitrogens is 2. The summed E-state index contributed by atoms with van der Waals surface area (Å²) in [6.07, 6.45) is -13.5. The maximum atomic E-state index is 13.5. The number of hydrazine groups is 1. The third-order valence-electron chi connectivity index (χ3n) is 4.33. The van der Waals surface area contributed by atoms with Gasteiger partial charge in [-0.3, -0.25) is 15.6 Å². The lowest BCUT2D eigenvalue weighted by atomic mass is 10.1. The van der Waals surface area contributed by atoms with Crippen LogP contribution in [0.3, 0.4) is 0 Å². The molecule has 5 nitrogen and oxygen atoms in total. The van der Waals surface area contributed by atoms with Crippen molar-refractivity contribution < 1.29 is 44.3 Å². The molecular formula is C19H10ClF9N4O. The summed E-state index contributed by atoms with van der Waals surface area (Å²) in [7, 11) is 0. The minimum atomic E-state index is -5.19. The van der Waals surface area contributed by atoms with E-state index in [-0.39, 0.29) is 6.07 Å². The van der Waals surface area contributed by atoms with Crippen LogP contribution in [-0.4, -0.2) is 15.5 Å². The molecule has 3 aromatic rings. The lowest BCUT2D eigenvalue weighted by Gasteiger charge is -2.18. The zero-order valence-corrected chi connectivity index (χ0v) is 17.0. The van der Waals surface area contributed by atoms with Crippen molar-refractivity contribution in [3.63, 3.8) is 0 Å². The minimum Gasteiger partial charge on any atom is -0.312 e. The number of carbonyl (C=O) groups is 1. The fourth-order valence-corrected chi connectivity index (χ4v) is 3.00. The highest BCUT2D eigenvalue weighted by Gasteiger charge is 2.39. The molecule has 1 amide bonds. The van der Waals surface area contributed by atoms with Crippen LogP contribution in [0.4, 0.5) is 45.3 Å². The molecule has 0 bridgehead atoms. The summed E-state index contributed by atoms with van der Waals surface area (Å²) in [6, 6.07) is 3.66. The van der Waals surface area contributed by atoms with Crippen LogP contribution in [0, 0.1) is 0 Å². The molecule has 0 aliphatic heterocycles. The molecule has 0 fully saturated rings. The number of hydrogen-bond donors (Lipinski definition) is 2. The van der Waals surface area contributed by atoms with Crippen molar-refractivity contribution >= 4 is 23.3 Å². The normalized spacial score (nSPS) is 12.5. The summed E-state index contributed by atoms with van der Waals surface area (Å²) in [5.74, 6) is -1.48. The number of anilines is 1. The second-order valence-electron chi connectivity index (χ2n) is 6.62. The highest BCUT2D eigenvalue weighted by Crippen LogP contribution is 2.39. The highest BCUT2D eigenvalue weighted by molar-refractivity contribution is 6.33. The topological polar surface area (TPSA) is 59.0 Å². The summed E-state index contributed by atoms with van der Waals surface area (Å²) in [6.45, 7) is 0. The molecule has 0 saturated carbocycles. The number of amides is 1. The van der Waals surface area contributed by atoms with Gasteiger partial charge >= 0.3 is 18.5 Å². The largest absolute Gasteiger partial charge is 0.418 e. The van der Waals surface area contributed by atoms with Crippen molar-refractivity contribution in [1.82, 2.24) is 15.0 Å². The van der Waals surface area contributed by atoms with E-state index in [1.807, 2.05) is 5.43 Å². The van der Waals surface area contributed by atoms with Crippen LogP contribution in [0.15, 0.2) is 48.8 Å². The van der Waals surface area contributed by atoms with E-state index < -0.39 is 63.3 Å². The number of pyridine rings is 1. The number of benzene rings is 1. The molecule has 1 aromatic carbocycles. The van der Waals surface area contributed by atoms with Gasteiger partial charge in [0.1, 0.15) is 5.69 Å². The van der Waals surface area contributed by atoms with Gasteiger partial charge in [-0.1, -0.05) is 11.6 Å². The van der Waals surface area contributed by atoms with Gasteiger partial charge in [-0.25, -0.2) is 4.98 Å². The Morgan fingerprint density at radius 1 is 0.882 bits per heavy atom. The summed E-state index contributed by atoms with van der Waals surface area (Å²) >= 11 is 5.70. The fourth-order valence-electron chi connectivity index (χ4n) is 2.79. The van der Waals surface area contributed by atoms with Gasteiger partial charge in [0.25, 0.3) is 5.91 Å². The van der Waals surface area contributed by atoms with Crippen molar-refractivity contribution in [1.29, 1.82) is 0 Å². The molecule has 0 radical (unpaired) electrons. The Kier molecular flexibility index (Phi) is 6.48. The Morgan fingerprint density at radius 3 is 2.09 bits per heavy atom. The first-order valence-electron chi connectivity index (χ1n) is 8.84. The fraction of sp³-hybridized carbons (Fsp3) is 0.158. The average Bonchev–Trinajstić information content (AvgIpc) is 3.20. The smallest absolute Gasteiger partial charge is 0.312 e. The second-order valence-corrected chi connectivity index (χ2v) is 7.03. The number of hydrogen-bond acceptors (Lipinski definition) is 3. The number of carbonyl (C=O) groups excluding carboxylic acids is 1. The molecule has 0 saturated heterocycles. The molecule has 182 valence electrons. The van der Waals surface area contributed by atoms with Gasteiger partial charge in [0.2, 0.25) is 0 Å². The van der Waals surface area contributed by atoms with Gasteiger partial charge in [-0.15, -0.1) is 0 Å². The van der Waals surface area contributed by atoms with Crippen LogP contribution in [0.5, 0.6) is 0 Å². The third-order valence-corrected chi connectivity index (χ3v) is 4.62. The van der Waals surface area contributed by atoms with Crippen molar-refractivity contribution in [2.45, 2.75) is 18.5 Å². The van der Waals surface area contributed by atoms with E-state index in [2.05, 4.69) is 10.4 Å². The Hall–Kier alpha value is -3.42. The number of halogens is 10. The molecule has 0 aliphatic carbocycles. The monoisotopic (exact) mass is 516 g/mol. The van der Waals surface area contributed by atoms with Crippen molar-refractivity contribution in [2.75, 3.05) is 5.43 Å². The van der Waals surface area contributed by atoms with E-state index in [1.54, 1.807) is 0 Å². The summed E-state index contributed by atoms with van der Waals surface area (Å²) in [4.78, 5) is 15.9. The van der Waals surface area contributed by atoms with Gasteiger partial charge in [0.05, 0.1) is 27.4 Å². The average molecular weight is 517 g/mol. The standard InChI is InChI=1S/C19H10ClF9N4O/c20-12-7-10(18(24,25)26)8-30-15(12)31-32-16(34)14-2-1-5-33(14)13-4-3-9(17(21,22)23)6-11(13)19(27,28)29/h1-8H,(H,30,31)(H,32,34). The van der Waals surface area contributed by atoms with E-state index in [1.165, 1.54) is 0 Å². The Morgan fingerprint density at radius 2 is 1.53 bits per heavy atom.